The first-order chi connectivity index (χ1) is 15.6. The van der Waals surface area contributed by atoms with E-state index in [4.69, 9.17) is 11.6 Å². The highest BCUT2D eigenvalue weighted by Crippen LogP contribution is 2.31. The number of nitrogens with one attached hydrogen (secondary N) is 1. The molecule has 0 radical (unpaired) electrons. The molecule has 1 aromatic carbocycles. The van der Waals surface area contributed by atoms with E-state index in [1.54, 1.807) is 29.1 Å². The number of pyridine rings is 1. The summed E-state index contributed by atoms with van der Waals surface area (Å²) in [7, 11) is 0. The summed E-state index contributed by atoms with van der Waals surface area (Å²) in [6, 6.07) is 11.1. The van der Waals surface area contributed by atoms with Crippen LogP contribution in [0.25, 0.3) is 5.52 Å². The Morgan fingerprint density at radius 2 is 2.06 bits per heavy atom. The predicted octanol–water partition coefficient (Wildman–Crippen LogP) is 3.87. The van der Waals surface area contributed by atoms with E-state index in [2.05, 4.69) is 15.3 Å². The molecule has 0 spiro atoms. The zero-order valence-electron chi connectivity index (χ0n) is 17.0. The number of hydrogen-bond donors (Lipinski definition) is 1. The van der Waals surface area contributed by atoms with Gasteiger partial charge < -0.3 is 14.6 Å². The summed E-state index contributed by atoms with van der Waals surface area (Å²) in [6.07, 6.45) is 7.50. The second-order valence-corrected chi connectivity index (χ2v) is 9.08. The molecule has 1 saturated heterocycles. The maximum atomic E-state index is 13.4. The predicted molar refractivity (Wildman–Crippen MR) is 123 cm³/mol. The number of hydrogen-bond acceptors (Lipinski definition) is 5. The van der Waals surface area contributed by atoms with Crippen LogP contribution in [-0.2, 0) is 0 Å². The molecule has 5 rings (SSSR count). The Morgan fingerprint density at radius 1 is 1.16 bits per heavy atom. The largest absolute Gasteiger partial charge is 0.346 e. The van der Waals surface area contributed by atoms with Crippen LogP contribution >= 0.6 is 22.9 Å². The van der Waals surface area contributed by atoms with Gasteiger partial charge in [-0.25, -0.2) is 4.98 Å². The number of likely N-dealkylation sites (tertiary alicyclic amines) is 1. The van der Waals surface area contributed by atoms with Crippen LogP contribution in [0.5, 0.6) is 0 Å². The lowest BCUT2D eigenvalue weighted by Gasteiger charge is -2.39. The molecular weight excluding hydrogens is 446 g/mol. The van der Waals surface area contributed by atoms with Crippen molar-refractivity contribution < 1.29 is 9.59 Å². The number of halogens is 1. The molecule has 0 saturated carbocycles. The Balaban J connectivity index is 1.43. The fourth-order valence-corrected chi connectivity index (χ4v) is 5.01. The molecule has 1 aliphatic heterocycles. The number of rotatable bonds is 4. The standard InChI is InChI=1S/C23H20ClN5O2S/c24-16-4-1-3-15(9-16)17-6-8-28(12-19(17)27-22(30)21-11-26-14-32-21)23(31)18-5-2-7-29-13-25-10-20(18)29/h1-5,7,9-11,13-14,17,19H,6,8,12H2,(H,27,30)/t17-,19+/m0/s1. The van der Waals surface area contributed by atoms with E-state index >= 15 is 0 Å². The van der Waals surface area contributed by atoms with Gasteiger partial charge in [-0.05, 0) is 36.2 Å². The molecule has 9 heteroatoms. The number of aromatic nitrogens is 3. The zero-order chi connectivity index (χ0) is 22.1. The molecule has 1 aliphatic rings. The maximum Gasteiger partial charge on any atom is 0.263 e. The van der Waals surface area contributed by atoms with E-state index in [9.17, 15) is 9.59 Å². The minimum atomic E-state index is -0.259. The van der Waals surface area contributed by atoms with Crippen molar-refractivity contribution in [3.05, 3.63) is 87.9 Å². The molecule has 1 N–H and O–H groups in total. The molecule has 7 nitrogen and oxygen atoms in total. The summed E-state index contributed by atoms with van der Waals surface area (Å²) in [5.41, 5.74) is 4.04. The van der Waals surface area contributed by atoms with Crippen molar-refractivity contribution in [3.63, 3.8) is 0 Å². The first kappa shape index (κ1) is 20.7. The van der Waals surface area contributed by atoms with E-state index in [1.807, 2.05) is 47.0 Å². The molecule has 0 unspecified atom stereocenters. The van der Waals surface area contributed by atoms with Gasteiger partial charge in [-0.15, -0.1) is 11.3 Å². The first-order valence-corrected chi connectivity index (χ1v) is 11.5. The topological polar surface area (TPSA) is 79.6 Å². The molecule has 162 valence electrons. The smallest absolute Gasteiger partial charge is 0.263 e. The first-order valence-electron chi connectivity index (χ1n) is 10.2. The minimum Gasteiger partial charge on any atom is -0.346 e. The van der Waals surface area contributed by atoms with Crippen molar-refractivity contribution in [3.8, 4) is 0 Å². The molecule has 0 aliphatic carbocycles. The van der Waals surface area contributed by atoms with E-state index in [0.717, 1.165) is 11.1 Å². The molecule has 1 fully saturated rings. The SMILES string of the molecule is O=C(N[C@@H]1CN(C(=O)c2cccn3cncc23)CC[C@H]1c1cccc(Cl)c1)c1cncs1. The average Bonchev–Trinajstić information content (AvgIpc) is 3.50. The fraction of sp³-hybridized carbons (Fsp3) is 0.217. The van der Waals surface area contributed by atoms with Crippen LogP contribution in [-0.4, -0.2) is 50.2 Å². The van der Waals surface area contributed by atoms with Crippen LogP contribution < -0.4 is 5.32 Å². The molecule has 32 heavy (non-hydrogen) atoms. The third kappa shape index (κ3) is 3.99. The van der Waals surface area contributed by atoms with Gasteiger partial charge in [0.15, 0.2) is 0 Å². The molecule has 2 amide bonds. The molecule has 4 heterocycles. The van der Waals surface area contributed by atoms with Gasteiger partial charge in [0.2, 0.25) is 0 Å². The van der Waals surface area contributed by atoms with Gasteiger partial charge in [0.25, 0.3) is 11.8 Å². The molecular formula is C23H20ClN5O2S. The zero-order valence-corrected chi connectivity index (χ0v) is 18.6. The van der Waals surface area contributed by atoms with E-state index in [1.165, 1.54) is 11.3 Å². The lowest BCUT2D eigenvalue weighted by Crippen LogP contribution is -2.53. The number of piperidine rings is 1. The van der Waals surface area contributed by atoms with Crippen LogP contribution in [0.15, 0.2) is 66.8 Å². The van der Waals surface area contributed by atoms with Gasteiger partial charge in [0.05, 0.1) is 41.4 Å². The van der Waals surface area contributed by atoms with Crippen molar-refractivity contribution in [2.45, 2.75) is 18.4 Å². The maximum absolute atomic E-state index is 13.4. The van der Waals surface area contributed by atoms with Crippen molar-refractivity contribution in [2.75, 3.05) is 13.1 Å². The van der Waals surface area contributed by atoms with Crippen molar-refractivity contribution in [1.29, 1.82) is 0 Å². The minimum absolute atomic E-state index is 0.0420. The Kier molecular flexibility index (Phi) is 5.63. The number of imidazole rings is 1. The third-order valence-electron chi connectivity index (χ3n) is 5.83. The number of carbonyl (C=O) groups excluding carboxylic acids is 2. The summed E-state index contributed by atoms with van der Waals surface area (Å²) < 4.78 is 1.83. The van der Waals surface area contributed by atoms with Gasteiger partial charge in [-0.2, -0.15) is 0 Å². The van der Waals surface area contributed by atoms with Gasteiger partial charge in [0.1, 0.15) is 4.88 Å². The molecule has 0 bridgehead atoms. The van der Waals surface area contributed by atoms with Crippen LogP contribution in [0.4, 0.5) is 0 Å². The Morgan fingerprint density at radius 3 is 2.88 bits per heavy atom. The normalized spacial score (nSPS) is 18.6. The number of carbonyl (C=O) groups is 2. The van der Waals surface area contributed by atoms with Crippen LogP contribution in [0.1, 0.15) is 37.9 Å². The monoisotopic (exact) mass is 465 g/mol. The highest BCUT2D eigenvalue weighted by atomic mass is 35.5. The summed E-state index contributed by atoms with van der Waals surface area (Å²) in [5.74, 6) is -0.213. The number of thiazole rings is 1. The lowest BCUT2D eigenvalue weighted by molar-refractivity contribution is 0.0657. The number of benzene rings is 1. The number of fused-ring (bicyclic) bond motifs is 1. The summed E-state index contributed by atoms with van der Waals surface area (Å²) in [5, 5.41) is 3.79. The van der Waals surface area contributed by atoms with Gasteiger partial charge >= 0.3 is 0 Å². The molecule has 4 aromatic rings. The summed E-state index contributed by atoms with van der Waals surface area (Å²) >= 11 is 7.53. The second kappa shape index (κ2) is 8.72. The van der Waals surface area contributed by atoms with E-state index in [-0.39, 0.29) is 23.8 Å². The third-order valence-corrected chi connectivity index (χ3v) is 6.84. The highest BCUT2D eigenvalue weighted by molar-refractivity contribution is 7.11. The second-order valence-electron chi connectivity index (χ2n) is 7.75. The Bertz CT molecular complexity index is 1270. The van der Waals surface area contributed by atoms with Gasteiger partial charge in [-0.3, -0.25) is 14.6 Å². The van der Waals surface area contributed by atoms with E-state index < -0.39 is 0 Å². The van der Waals surface area contributed by atoms with Crippen molar-refractivity contribution in [1.82, 2.24) is 24.6 Å². The Labute approximate surface area is 193 Å². The Hall–Kier alpha value is -3.23. The fourth-order valence-electron chi connectivity index (χ4n) is 4.29. The van der Waals surface area contributed by atoms with Gasteiger partial charge in [-0.1, -0.05) is 23.7 Å². The van der Waals surface area contributed by atoms with E-state index in [0.29, 0.717) is 35.0 Å². The quantitative estimate of drug-likeness (QED) is 0.496. The van der Waals surface area contributed by atoms with Gasteiger partial charge in [0, 0.05) is 30.2 Å². The molecule has 3 aromatic heterocycles. The lowest BCUT2D eigenvalue weighted by atomic mass is 9.85. The summed E-state index contributed by atoms with van der Waals surface area (Å²) in [4.78, 5) is 36.7. The number of amides is 2. The van der Waals surface area contributed by atoms with Crippen LogP contribution in [0.2, 0.25) is 5.02 Å². The number of nitrogens with zero attached hydrogens (tertiary/aromatic N) is 4. The summed E-state index contributed by atoms with van der Waals surface area (Å²) in [6.45, 7) is 0.980. The van der Waals surface area contributed by atoms with Crippen LogP contribution in [0, 0.1) is 0 Å². The van der Waals surface area contributed by atoms with Crippen molar-refractivity contribution in [2.24, 2.45) is 0 Å². The molecule has 2 atom stereocenters. The highest BCUT2D eigenvalue weighted by Gasteiger charge is 2.34. The van der Waals surface area contributed by atoms with Crippen molar-refractivity contribution >= 4 is 40.3 Å². The average molecular weight is 466 g/mol. The van der Waals surface area contributed by atoms with Crippen LogP contribution in [0.3, 0.4) is 0 Å².